The van der Waals surface area contributed by atoms with Gasteiger partial charge >= 0.3 is 0 Å². The number of hydrogen-bond acceptors (Lipinski definition) is 2. The Morgan fingerprint density at radius 1 is 1.27 bits per heavy atom. The van der Waals surface area contributed by atoms with Gasteiger partial charge in [-0.05, 0) is 39.3 Å². The fourth-order valence-electron chi connectivity index (χ4n) is 2.10. The van der Waals surface area contributed by atoms with Crippen LogP contribution in [0.15, 0.2) is 6.07 Å². The minimum atomic E-state index is 0.779. The van der Waals surface area contributed by atoms with Gasteiger partial charge < -0.3 is 4.40 Å². The molecule has 3 nitrogen and oxygen atoms in total. The Kier molecular flexibility index (Phi) is 2.11. The second-order valence-electron chi connectivity index (χ2n) is 3.91. The van der Waals surface area contributed by atoms with E-state index in [4.69, 9.17) is 0 Å². The number of nitrogens with zero attached hydrogens (tertiary/aromatic N) is 2. The molecule has 0 saturated heterocycles. The van der Waals surface area contributed by atoms with E-state index in [1.807, 2.05) is 38.2 Å². The first-order valence-electron chi connectivity index (χ1n) is 4.97. The highest BCUT2D eigenvalue weighted by Gasteiger charge is 2.13. The van der Waals surface area contributed by atoms with E-state index in [1.54, 1.807) is 0 Å². The van der Waals surface area contributed by atoms with Crippen LogP contribution in [0.3, 0.4) is 0 Å². The summed E-state index contributed by atoms with van der Waals surface area (Å²) in [6, 6.07) is 1.96. The van der Waals surface area contributed by atoms with E-state index in [2.05, 4.69) is 4.98 Å². The number of fused-ring (bicyclic) bond motifs is 1. The molecule has 0 aliphatic heterocycles. The predicted molar refractivity (Wildman–Crippen MR) is 59.5 cm³/mol. The van der Waals surface area contributed by atoms with Crippen molar-refractivity contribution >= 4 is 11.8 Å². The van der Waals surface area contributed by atoms with Crippen LogP contribution in [0.1, 0.15) is 33.1 Å². The van der Waals surface area contributed by atoms with Crippen LogP contribution in [0.25, 0.3) is 5.52 Å². The lowest BCUT2D eigenvalue weighted by Crippen LogP contribution is -1.98. The third-order valence-corrected chi connectivity index (χ3v) is 2.92. The molecule has 0 aliphatic carbocycles. The summed E-state index contributed by atoms with van der Waals surface area (Å²) in [7, 11) is 0. The smallest absolute Gasteiger partial charge is 0.152 e. The molecule has 15 heavy (non-hydrogen) atoms. The second-order valence-corrected chi connectivity index (χ2v) is 3.91. The monoisotopic (exact) mass is 202 g/mol. The molecule has 2 rings (SSSR count). The molecule has 0 aromatic carbocycles. The van der Waals surface area contributed by atoms with Crippen molar-refractivity contribution in [3.05, 3.63) is 34.4 Å². The Morgan fingerprint density at radius 2 is 1.93 bits per heavy atom. The standard InChI is InChI=1S/C12H14N2O/c1-7-5-12-11(6-15)8(2)9(3)14(12)10(4)13-7/h5-6H,1-4H3. The molecular formula is C12H14N2O. The van der Waals surface area contributed by atoms with E-state index in [-0.39, 0.29) is 0 Å². The number of hydrogen-bond donors (Lipinski definition) is 0. The highest BCUT2D eigenvalue weighted by atomic mass is 16.1. The molecule has 0 spiro atoms. The molecule has 0 aliphatic rings. The Hall–Kier alpha value is -1.64. The van der Waals surface area contributed by atoms with Crippen molar-refractivity contribution in [1.82, 2.24) is 9.38 Å². The zero-order chi connectivity index (χ0) is 11.2. The van der Waals surface area contributed by atoms with Gasteiger partial charge in [0.25, 0.3) is 0 Å². The van der Waals surface area contributed by atoms with Crippen molar-refractivity contribution in [3.63, 3.8) is 0 Å². The van der Waals surface area contributed by atoms with Crippen molar-refractivity contribution in [3.8, 4) is 0 Å². The van der Waals surface area contributed by atoms with Gasteiger partial charge in [-0.3, -0.25) is 4.79 Å². The lowest BCUT2D eigenvalue weighted by molar-refractivity contribution is 0.112. The van der Waals surface area contributed by atoms with Gasteiger partial charge in [-0.15, -0.1) is 0 Å². The molecule has 3 heteroatoms. The van der Waals surface area contributed by atoms with Gasteiger partial charge in [0.05, 0.1) is 5.52 Å². The molecule has 78 valence electrons. The average molecular weight is 202 g/mol. The third-order valence-electron chi connectivity index (χ3n) is 2.92. The van der Waals surface area contributed by atoms with Crippen LogP contribution >= 0.6 is 0 Å². The SMILES string of the molecule is Cc1cc2c(C=O)c(C)c(C)n2c(C)n1. The zero-order valence-corrected chi connectivity index (χ0v) is 9.46. The van der Waals surface area contributed by atoms with Crippen LogP contribution in [0.4, 0.5) is 0 Å². The number of aryl methyl sites for hydroxylation is 3. The van der Waals surface area contributed by atoms with Crippen LogP contribution in [-0.2, 0) is 0 Å². The lowest BCUT2D eigenvalue weighted by Gasteiger charge is -2.04. The molecule has 0 amide bonds. The van der Waals surface area contributed by atoms with Gasteiger partial charge in [0.1, 0.15) is 5.82 Å². The summed E-state index contributed by atoms with van der Waals surface area (Å²) in [5.74, 6) is 0.929. The molecule has 0 unspecified atom stereocenters. The number of rotatable bonds is 1. The van der Waals surface area contributed by atoms with Crippen LogP contribution in [0.2, 0.25) is 0 Å². The summed E-state index contributed by atoms with van der Waals surface area (Å²) in [6.45, 7) is 7.89. The van der Waals surface area contributed by atoms with Crippen molar-refractivity contribution in [2.45, 2.75) is 27.7 Å². The van der Waals surface area contributed by atoms with E-state index in [0.717, 1.165) is 40.1 Å². The topological polar surface area (TPSA) is 34.4 Å². The van der Waals surface area contributed by atoms with Gasteiger partial charge in [0.2, 0.25) is 0 Å². The zero-order valence-electron chi connectivity index (χ0n) is 9.46. The van der Waals surface area contributed by atoms with E-state index in [1.165, 1.54) is 0 Å². The Labute approximate surface area is 88.8 Å². The van der Waals surface area contributed by atoms with E-state index in [0.29, 0.717) is 0 Å². The molecule has 2 heterocycles. The first-order valence-corrected chi connectivity index (χ1v) is 4.97. The van der Waals surface area contributed by atoms with Crippen molar-refractivity contribution in [1.29, 1.82) is 0 Å². The minimum absolute atomic E-state index is 0.779. The van der Waals surface area contributed by atoms with Gasteiger partial charge in [-0.1, -0.05) is 0 Å². The highest BCUT2D eigenvalue weighted by molar-refractivity contribution is 5.89. The minimum Gasteiger partial charge on any atom is -0.302 e. The van der Waals surface area contributed by atoms with Crippen LogP contribution in [-0.4, -0.2) is 15.7 Å². The first kappa shape index (κ1) is 9.90. The van der Waals surface area contributed by atoms with Gasteiger partial charge in [-0.25, -0.2) is 4.98 Å². The summed E-state index contributed by atoms with van der Waals surface area (Å²) in [5.41, 5.74) is 4.82. The average Bonchev–Trinajstić information content (AvgIpc) is 2.39. The van der Waals surface area contributed by atoms with Gasteiger partial charge in [0, 0.05) is 17.0 Å². The Balaban J connectivity index is 3.03. The fraction of sp³-hybridized carbons (Fsp3) is 0.333. The van der Waals surface area contributed by atoms with Crippen molar-refractivity contribution in [2.75, 3.05) is 0 Å². The maximum atomic E-state index is 11.0. The fourth-order valence-corrected chi connectivity index (χ4v) is 2.10. The predicted octanol–water partition coefficient (Wildman–Crippen LogP) is 2.38. The van der Waals surface area contributed by atoms with Crippen molar-refractivity contribution < 1.29 is 4.79 Å². The molecule has 0 radical (unpaired) electrons. The maximum absolute atomic E-state index is 11.0. The number of carbonyl (C=O) groups excluding carboxylic acids is 1. The molecule has 0 N–H and O–H groups in total. The summed E-state index contributed by atoms with van der Waals surface area (Å²) >= 11 is 0. The molecule has 0 atom stereocenters. The van der Waals surface area contributed by atoms with Crippen LogP contribution in [0.5, 0.6) is 0 Å². The molecule has 2 aromatic heterocycles. The summed E-state index contributed by atoms with van der Waals surface area (Å²) < 4.78 is 2.03. The van der Waals surface area contributed by atoms with E-state index < -0.39 is 0 Å². The maximum Gasteiger partial charge on any atom is 0.152 e. The van der Waals surface area contributed by atoms with Gasteiger partial charge in [0.15, 0.2) is 6.29 Å². The van der Waals surface area contributed by atoms with Gasteiger partial charge in [-0.2, -0.15) is 0 Å². The van der Waals surface area contributed by atoms with Crippen LogP contribution < -0.4 is 0 Å². The lowest BCUT2D eigenvalue weighted by atomic mass is 10.1. The number of carbonyl (C=O) groups is 1. The summed E-state index contributed by atoms with van der Waals surface area (Å²) in [5, 5.41) is 0. The Morgan fingerprint density at radius 3 is 2.53 bits per heavy atom. The van der Waals surface area contributed by atoms with E-state index >= 15 is 0 Å². The van der Waals surface area contributed by atoms with Crippen molar-refractivity contribution in [2.24, 2.45) is 0 Å². The van der Waals surface area contributed by atoms with E-state index in [9.17, 15) is 4.79 Å². The largest absolute Gasteiger partial charge is 0.302 e. The summed E-state index contributed by atoms with van der Waals surface area (Å²) in [4.78, 5) is 15.4. The number of aldehydes is 1. The highest BCUT2D eigenvalue weighted by Crippen LogP contribution is 2.22. The third kappa shape index (κ3) is 1.27. The molecule has 0 saturated carbocycles. The Bertz CT molecular complexity index is 552. The van der Waals surface area contributed by atoms with Crippen LogP contribution in [0, 0.1) is 27.7 Å². The first-order chi connectivity index (χ1) is 7.06. The summed E-state index contributed by atoms with van der Waals surface area (Å²) in [6.07, 6.45) is 0.927. The molecule has 0 fully saturated rings. The normalized spacial score (nSPS) is 10.9. The second kappa shape index (κ2) is 3.19. The quantitative estimate of drug-likeness (QED) is 0.665. The molecule has 2 aromatic rings. The number of aromatic nitrogens is 2. The molecule has 0 bridgehead atoms. The molecular weight excluding hydrogens is 188 g/mol.